The van der Waals surface area contributed by atoms with Gasteiger partial charge in [0.1, 0.15) is 11.5 Å². The van der Waals surface area contributed by atoms with Gasteiger partial charge in [0.25, 0.3) is 17.3 Å². The van der Waals surface area contributed by atoms with Gasteiger partial charge in [0.15, 0.2) is 11.5 Å². The highest BCUT2D eigenvalue weighted by Gasteiger charge is 2.18. The molecule has 3 aromatic rings. The Kier molecular flexibility index (Phi) is 6.53. The van der Waals surface area contributed by atoms with Crippen molar-refractivity contribution in [2.24, 2.45) is 5.10 Å². The van der Waals surface area contributed by atoms with E-state index in [1.807, 2.05) is 0 Å². The molecular weight excluding hydrogens is 460 g/mol. The largest absolute Gasteiger partial charge is 0.457 e. The van der Waals surface area contributed by atoms with E-state index in [0.717, 1.165) is 23.8 Å². The van der Waals surface area contributed by atoms with Gasteiger partial charge in [0.05, 0.1) is 34.3 Å². The van der Waals surface area contributed by atoms with E-state index in [1.54, 1.807) is 25.1 Å². The molecule has 12 nitrogen and oxygen atoms in total. The average molecular weight is 478 g/mol. The summed E-state index contributed by atoms with van der Waals surface area (Å²) in [7, 11) is 0. The van der Waals surface area contributed by atoms with Gasteiger partial charge < -0.3 is 14.2 Å². The molecule has 1 amide bonds. The van der Waals surface area contributed by atoms with Crippen LogP contribution >= 0.6 is 0 Å². The maximum Gasteiger partial charge on any atom is 0.280 e. The second-order valence-electron chi connectivity index (χ2n) is 7.20. The number of rotatable bonds is 8. The first-order valence-electron chi connectivity index (χ1n) is 10.3. The summed E-state index contributed by atoms with van der Waals surface area (Å²) >= 11 is 0. The second-order valence-corrected chi connectivity index (χ2v) is 7.20. The summed E-state index contributed by atoms with van der Waals surface area (Å²) in [6.45, 7) is 2.25. The van der Waals surface area contributed by atoms with E-state index < -0.39 is 21.2 Å². The van der Waals surface area contributed by atoms with E-state index in [0.29, 0.717) is 23.6 Å². The van der Waals surface area contributed by atoms with Gasteiger partial charge in [-0.15, -0.1) is 0 Å². The maximum atomic E-state index is 12.9. The van der Waals surface area contributed by atoms with Crippen molar-refractivity contribution in [2.45, 2.75) is 6.92 Å². The van der Waals surface area contributed by atoms with Gasteiger partial charge in [0, 0.05) is 12.1 Å². The number of carbonyl (C=O) groups is 1. The fourth-order valence-electron chi connectivity index (χ4n) is 3.20. The van der Waals surface area contributed by atoms with Crippen LogP contribution in [0.2, 0.25) is 0 Å². The Hall–Kier alpha value is -5.00. The molecule has 0 fully saturated rings. The van der Waals surface area contributed by atoms with Crippen LogP contribution in [0.25, 0.3) is 0 Å². The van der Waals surface area contributed by atoms with Crippen molar-refractivity contribution in [2.75, 3.05) is 13.3 Å². The number of benzene rings is 3. The molecule has 0 unspecified atom stereocenters. The molecule has 35 heavy (non-hydrogen) atoms. The highest BCUT2D eigenvalue weighted by molar-refractivity contribution is 5.95. The summed E-state index contributed by atoms with van der Waals surface area (Å²) in [6, 6.07) is 14.3. The Morgan fingerprint density at radius 2 is 1.63 bits per heavy atom. The normalized spacial score (nSPS) is 11.9. The van der Waals surface area contributed by atoms with E-state index >= 15 is 0 Å². The molecule has 178 valence electrons. The minimum absolute atomic E-state index is 0.0755. The molecule has 3 aromatic carbocycles. The van der Waals surface area contributed by atoms with E-state index in [-0.39, 0.29) is 24.2 Å². The zero-order valence-corrected chi connectivity index (χ0v) is 18.3. The molecule has 0 bridgehead atoms. The van der Waals surface area contributed by atoms with Gasteiger partial charge in [-0.05, 0) is 55.0 Å². The van der Waals surface area contributed by atoms with Crippen LogP contribution in [0.1, 0.15) is 22.8 Å². The molecule has 0 aliphatic carbocycles. The third-order valence-electron chi connectivity index (χ3n) is 4.91. The lowest BCUT2D eigenvalue weighted by Gasteiger charge is -2.15. The molecule has 4 rings (SSSR count). The molecule has 12 heteroatoms. The van der Waals surface area contributed by atoms with Crippen molar-refractivity contribution in [3.63, 3.8) is 0 Å². The number of hydrogen-bond acceptors (Lipinski definition) is 9. The van der Waals surface area contributed by atoms with Crippen LogP contribution in [-0.2, 0) is 0 Å². The third-order valence-corrected chi connectivity index (χ3v) is 4.91. The van der Waals surface area contributed by atoms with E-state index in [9.17, 15) is 25.0 Å². The SMILES string of the molecule is CCN(/N=C\c1ccc2c(c1)OCO2)C(=O)c1ccc(Oc2cc([N+](=O)[O-])cc([N+](=O)[O-])c2)cc1. The summed E-state index contributed by atoms with van der Waals surface area (Å²) in [5.41, 5.74) is 0.113. The van der Waals surface area contributed by atoms with Crippen LogP contribution in [0.15, 0.2) is 65.8 Å². The number of hydrogen-bond donors (Lipinski definition) is 0. The minimum atomic E-state index is -0.745. The standard InChI is InChI=1S/C23H18N4O8/c1-2-25(24-13-15-3-8-21-22(9-15)34-14-33-21)23(28)16-4-6-19(7-5-16)35-20-11-17(26(29)30)10-18(12-20)27(31)32/h3-13H,2,14H2,1H3/b24-13-. The smallest absolute Gasteiger partial charge is 0.280 e. The molecular formula is C23H18N4O8. The Morgan fingerprint density at radius 3 is 2.26 bits per heavy atom. The summed E-state index contributed by atoms with van der Waals surface area (Å²) in [5, 5.41) is 27.6. The van der Waals surface area contributed by atoms with Crippen LogP contribution in [0.4, 0.5) is 11.4 Å². The third kappa shape index (κ3) is 5.33. The molecule has 1 heterocycles. The topological polar surface area (TPSA) is 147 Å². The van der Waals surface area contributed by atoms with Gasteiger partial charge in [-0.2, -0.15) is 5.10 Å². The number of fused-ring (bicyclic) bond motifs is 1. The summed E-state index contributed by atoms with van der Waals surface area (Å²) < 4.78 is 16.1. The second kappa shape index (κ2) is 9.87. The highest BCUT2D eigenvalue weighted by Crippen LogP contribution is 2.32. The fraction of sp³-hybridized carbons (Fsp3) is 0.130. The first-order valence-corrected chi connectivity index (χ1v) is 10.3. The summed E-state index contributed by atoms with van der Waals surface area (Å²) in [5.74, 6) is 1.05. The molecule has 0 saturated carbocycles. The van der Waals surface area contributed by atoms with Crippen LogP contribution in [-0.4, -0.2) is 40.3 Å². The van der Waals surface area contributed by atoms with Crippen molar-refractivity contribution in [3.8, 4) is 23.0 Å². The summed E-state index contributed by atoms with van der Waals surface area (Å²) in [6.07, 6.45) is 1.54. The van der Waals surface area contributed by atoms with E-state index in [2.05, 4.69) is 5.10 Å². The molecule has 0 aromatic heterocycles. The number of non-ortho nitro benzene ring substituents is 2. The maximum absolute atomic E-state index is 12.9. The van der Waals surface area contributed by atoms with Gasteiger partial charge in [-0.1, -0.05) is 0 Å². The van der Waals surface area contributed by atoms with Crippen molar-refractivity contribution in [1.29, 1.82) is 0 Å². The fourth-order valence-corrected chi connectivity index (χ4v) is 3.20. The van der Waals surface area contributed by atoms with Crippen molar-refractivity contribution < 1.29 is 28.9 Å². The van der Waals surface area contributed by atoms with Gasteiger partial charge >= 0.3 is 0 Å². The number of nitro benzene ring substituents is 2. The first kappa shape index (κ1) is 23.2. The van der Waals surface area contributed by atoms with Gasteiger partial charge in [0.2, 0.25) is 6.79 Å². The molecule has 0 spiro atoms. The highest BCUT2D eigenvalue weighted by atomic mass is 16.7. The van der Waals surface area contributed by atoms with Gasteiger partial charge in [-0.25, -0.2) is 5.01 Å². The number of ether oxygens (including phenoxy) is 3. The minimum Gasteiger partial charge on any atom is -0.457 e. The number of amides is 1. The first-order chi connectivity index (χ1) is 16.8. The number of hydrazone groups is 1. The zero-order chi connectivity index (χ0) is 24.9. The Labute approximate surface area is 198 Å². The quantitative estimate of drug-likeness (QED) is 0.261. The van der Waals surface area contributed by atoms with Crippen LogP contribution in [0, 0.1) is 20.2 Å². The Balaban J connectivity index is 1.47. The number of nitro groups is 2. The predicted molar refractivity (Wildman–Crippen MR) is 123 cm³/mol. The molecule has 0 atom stereocenters. The molecule has 1 aliphatic heterocycles. The lowest BCUT2D eigenvalue weighted by atomic mass is 10.2. The van der Waals surface area contributed by atoms with Crippen LogP contribution in [0.3, 0.4) is 0 Å². The van der Waals surface area contributed by atoms with Gasteiger partial charge in [-0.3, -0.25) is 25.0 Å². The van der Waals surface area contributed by atoms with Crippen molar-refractivity contribution in [3.05, 3.63) is 92.0 Å². The molecule has 0 saturated heterocycles. The zero-order valence-electron chi connectivity index (χ0n) is 18.3. The molecule has 0 radical (unpaired) electrons. The van der Waals surface area contributed by atoms with Crippen LogP contribution < -0.4 is 14.2 Å². The predicted octanol–water partition coefficient (Wildman–Crippen LogP) is 4.52. The average Bonchev–Trinajstić information content (AvgIpc) is 3.32. The molecule has 0 N–H and O–H groups in total. The van der Waals surface area contributed by atoms with E-state index in [4.69, 9.17) is 14.2 Å². The van der Waals surface area contributed by atoms with Crippen LogP contribution in [0.5, 0.6) is 23.0 Å². The Bertz CT molecular complexity index is 1290. The van der Waals surface area contributed by atoms with Crippen molar-refractivity contribution >= 4 is 23.5 Å². The molecule has 1 aliphatic rings. The van der Waals surface area contributed by atoms with E-state index in [1.165, 1.54) is 35.5 Å². The lowest BCUT2D eigenvalue weighted by Crippen LogP contribution is -2.25. The number of nitrogens with zero attached hydrogens (tertiary/aromatic N) is 4. The number of carbonyl (C=O) groups excluding carboxylic acids is 1. The Morgan fingerprint density at radius 1 is 0.971 bits per heavy atom. The summed E-state index contributed by atoms with van der Waals surface area (Å²) in [4.78, 5) is 33.5. The monoisotopic (exact) mass is 478 g/mol. The van der Waals surface area contributed by atoms with Crippen molar-refractivity contribution in [1.82, 2.24) is 5.01 Å². The lowest BCUT2D eigenvalue weighted by molar-refractivity contribution is -0.394.